The molecule has 2 aromatic rings. The van der Waals surface area contributed by atoms with Crippen LogP contribution in [0.3, 0.4) is 0 Å². The van der Waals surface area contributed by atoms with Crippen LogP contribution in [0, 0.1) is 5.92 Å². The Morgan fingerprint density at radius 3 is 2.72 bits per heavy atom. The Morgan fingerprint density at radius 2 is 1.94 bits per heavy atom. The van der Waals surface area contributed by atoms with Gasteiger partial charge in [-0.3, -0.25) is 4.79 Å². The van der Waals surface area contributed by atoms with Crippen LogP contribution in [0.4, 0.5) is 0 Å². The van der Waals surface area contributed by atoms with Crippen LogP contribution in [0.2, 0.25) is 0 Å². The highest BCUT2D eigenvalue weighted by atomic mass is 16.1. The molecule has 1 fully saturated rings. The summed E-state index contributed by atoms with van der Waals surface area (Å²) in [6, 6.07) is 1.89. The van der Waals surface area contributed by atoms with E-state index in [1.165, 1.54) is 19.2 Å². The highest BCUT2D eigenvalue weighted by Crippen LogP contribution is 2.27. The Morgan fingerprint density at radius 1 is 1.17 bits per heavy atom. The van der Waals surface area contributed by atoms with Crippen molar-refractivity contribution >= 4 is 16.8 Å². The van der Waals surface area contributed by atoms with Crippen LogP contribution in [0.5, 0.6) is 0 Å². The standard InChI is InChI=1S/C14H17N3O/c18-13(10-5-3-1-2-4-6-10)12-11-7-8-15-14(11)17-9-16-12/h7-10H,1-6H2,(H,15,16,17). The van der Waals surface area contributed by atoms with Gasteiger partial charge in [0.15, 0.2) is 5.78 Å². The lowest BCUT2D eigenvalue weighted by Gasteiger charge is -2.12. The predicted molar refractivity (Wildman–Crippen MR) is 69.4 cm³/mol. The number of hydrogen-bond acceptors (Lipinski definition) is 3. The number of rotatable bonds is 2. The summed E-state index contributed by atoms with van der Waals surface area (Å²) in [6.45, 7) is 0. The molecular formula is C14H17N3O. The summed E-state index contributed by atoms with van der Waals surface area (Å²) >= 11 is 0. The zero-order chi connectivity index (χ0) is 12.4. The fourth-order valence-corrected chi connectivity index (χ4v) is 2.80. The van der Waals surface area contributed by atoms with Gasteiger partial charge in [0, 0.05) is 17.5 Å². The maximum absolute atomic E-state index is 12.6. The molecule has 0 atom stereocenters. The zero-order valence-electron chi connectivity index (χ0n) is 10.4. The second-order valence-corrected chi connectivity index (χ2v) is 5.01. The first-order valence-electron chi connectivity index (χ1n) is 6.68. The largest absolute Gasteiger partial charge is 0.346 e. The third kappa shape index (κ3) is 2.03. The molecule has 1 saturated carbocycles. The SMILES string of the molecule is O=C(c1ncnc2[nH]ccc12)C1CCCCCC1. The summed E-state index contributed by atoms with van der Waals surface area (Å²) in [5, 5.41) is 0.853. The minimum absolute atomic E-state index is 0.153. The van der Waals surface area contributed by atoms with Gasteiger partial charge in [-0.1, -0.05) is 25.7 Å². The Kier molecular flexibility index (Phi) is 3.09. The van der Waals surface area contributed by atoms with Crippen LogP contribution in [-0.4, -0.2) is 20.7 Å². The number of Topliss-reactive ketones (excluding diaryl/α,β-unsaturated/α-hetero) is 1. The summed E-state index contributed by atoms with van der Waals surface area (Å²) in [6.07, 6.45) is 10.1. The van der Waals surface area contributed by atoms with E-state index in [0.29, 0.717) is 5.69 Å². The number of carbonyl (C=O) groups is 1. The lowest BCUT2D eigenvalue weighted by Crippen LogP contribution is -2.16. The predicted octanol–water partition coefficient (Wildman–Crippen LogP) is 3.11. The van der Waals surface area contributed by atoms with Crippen molar-refractivity contribution in [2.45, 2.75) is 38.5 Å². The molecule has 1 aliphatic rings. The topological polar surface area (TPSA) is 58.6 Å². The van der Waals surface area contributed by atoms with Crippen molar-refractivity contribution in [3.63, 3.8) is 0 Å². The fourth-order valence-electron chi connectivity index (χ4n) is 2.80. The average Bonchev–Trinajstić information content (AvgIpc) is 2.71. The third-order valence-electron chi connectivity index (χ3n) is 3.81. The van der Waals surface area contributed by atoms with Gasteiger partial charge in [-0.2, -0.15) is 0 Å². The van der Waals surface area contributed by atoms with Crippen molar-refractivity contribution in [3.8, 4) is 0 Å². The van der Waals surface area contributed by atoms with E-state index in [-0.39, 0.29) is 11.7 Å². The summed E-state index contributed by atoms with van der Waals surface area (Å²) in [5.74, 6) is 0.351. The fraction of sp³-hybridized carbons (Fsp3) is 0.500. The van der Waals surface area contributed by atoms with E-state index < -0.39 is 0 Å². The van der Waals surface area contributed by atoms with Gasteiger partial charge in [-0.25, -0.2) is 9.97 Å². The number of aromatic nitrogens is 3. The molecule has 4 nitrogen and oxygen atoms in total. The lowest BCUT2D eigenvalue weighted by molar-refractivity contribution is 0.0904. The van der Waals surface area contributed by atoms with Gasteiger partial charge in [0.1, 0.15) is 17.7 Å². The number of carbonyl (C=O) groups excluding carboxylic acids is 1. The van der Waals surface area contributed by atoms with Crippen LogP contribution < -0.4 is 0 Å². The molecule has 0 aliphatic heterocycles. The van der Waals surface area contributed by atoms with Gasteiger partial charge in [-0.15, -0.1) is 0 Å². The second kappa shape index (κ2) is 4.88. The van der Waals surface area contributed by atoms with E-state index >= 15 is 0 Å². The number of ketones is 1. The number of nitrogens with one attached hydrogen (secondary N) is 1. The smallest absolute Gasteiger partial charge is 0.185 e. The summed E-state index contributed by atoms with van der Waals surface area (Å²) in [7, 11) is 0. The molecule has 0 spiro atoms. The van der Waals surface area contributed by atoms with Gasteiger partial charge >= 0.3 is 0 Å². The van der Waals surface area contributed by atoms with E-state index in [1.807, 2.05) is 12.3 Å². The number of H-pyrrole nitrogens is 1. The van der Waals surface area contributed by atoms with Gasteiger partial charge in [-0.05, 0) is 18.9 Å². The van der Waals surface area contributed by atoms with Crippen molar-refractivity contribution in [1.29, 1.82) is 0 Å². The van der Waals surface area contributed by atoms with Crippen LogP contribution in [0.1, 0.15) is 49.0 Å². The quantitative estimate of drug-likeness (QED) is 0.651. The molecule has 2 heterocycles. The van der Waals surface area contributed by atoms with Crippen LogP contribution in [-0.2, 0) is 0 Å². The van der Waals surface area contributed by atoms with E-state index in [2.05, 4.69) is 15.0 Å². The lowest BCUT2D eigenvalue weighted by atomic mass is 9.92. The monoisotopic (exact) mass is 243 g/mol. The number of fused-ring (bicyclic) bond motifs is 1. The highest BCUT2D eigenvalue weighted by molar-refractivity contribution is 6.05. The minimum Gasteiger partial charge on any atom is -0.346 e. The normalized spacial score (nSPS) is 17.8. The van der Waals surface area contributed by atoms with Crippen LogP contribution >= 0.6 is 0 Å². The molecule has 0 bridgehead atoms. The van der Waals surface area contributed by atoms with Gasteiger partial charge in [0.05, 0.1) is 0 Å². The molecule has 1 N–H and O–H groups in total. The molecule has 0 unspecified atom stereocenters. The number of aromatic amines is 1. The molecule has 0 aromatic carbocycles. The van der Waals surface area contributed by atoms with Crippen LogP contribution in [0.15, 0.2) is 18.6 Å². The van der Waals surface area contributed by atoms with E-state index in [4.69, 9.17) is 0 Å². The Hall–Kier alpha value is -1.71. The summed E-state index contributed by atoms with van der Waals surface area (Å²) in [5.41, 5.74) is 1.34. The van der Waals surface area contributed by atoms with Crippen molar-refractivity contribution in [3.05, 3.63) is 24.3 Å². The summed E-state index contributed by atoms with van der Waals surface area (Å²) < 4.78 is 0. The Labute approximate surface area is 106 Å². The minimum atomic E-state index is 0.153. The summed E-state index contributed by atoms with van der Waals surface area (Å²) in [4.78, 5) is 23.9. The van der Waals surface area contributed by atoms with E-state index in [9.17, 15) is 4.79 Å². The Bertz CT molecular complexity index is 553. The van der Waals surface area contributed by atoms with Crippen molar-refractivity contribution in [2.24, 2.45) is 5.92 Å². The van der Waals surface area contributed by atoms with E-state index in [0.717, 1.165) is 36.7 Å². The van der Waals surface area contributed by atoms with Gasteiger partial charge < -0.3 is 4.98 Å². The molecule has 18 heavy (non-hydrogen) atoms. The first-order valence-corrected chi connectivity index (χ1v) is 6.68. The first kappa shape index (κ1) is 11.4. The number of nitrogens with zero attached hydrogens (tertiary/aromatic N) is 2. The van der Waals surface area contributed by atoms with Gasteiger partial charge in [0.25, 0.3) is 0 Å². The second-order valence-electron chi connectivity index (χ2n) is 5.01. The maximum Gasteiger partial charge on any atom is 0.185 e. The molecule has 3 rings (SSSR count). The molecule has 4 heteroatoms. The Balaban J connectivity index is 1.93. The molecule has 0 saturated heterocycles. The third-order valence-corrected chi connectivity index (χ3v) is 3.81. The van der Waals surface area contributed by atoms with Crippen molar-refractivity contribution < 1.29 is 4.79 Å². The van der Waals surface area contributed by atoms with Crippen molar-refractivity contribution in [2.75, 3.05) is 0 Å². The maximum atomic E-state index is 12.6. The average molecular weight is 243 g/mol. The first-order chi connectivity index (χ1) is 8.86. The zero-order valence-corrected chi connectivity index (χ0v) is 10.4. The highest BCUT2D eigenvalue weighted by Gasteiger charge is 2.24. The number of hydrogen-bond donors (Lipinski definition) is 1. The van der Waals surface area contributed by atoms with Gasteiger partial charge in [0.2, 0.25) is 0 Å². The van der Waals surface area contributed by atoms with E-state index in [1.54, 1.807) is 0 Å². The molecule has 2 aromatic heterocycles. The van der Waals surface area contributed by atoms with Crippen molar-refractivity contribution in [1.82, 2.24) is 15.0 Å². The molecule has 94 valence electrons. The molecule has 1 aliphatic carbocycles. The van der Waals surface area contributed by atoms with Crippen LogP contribution in [0.25, 0.3) is 11.0 Å². The molecule has 0 amide bonds. The molecule has 0 radical (unpaired) electrons. The molecular weight excluding hydrogens is 226 g/mol.